The van der Waals surface area contributed by atoms with Crippen molar-refractivity contribution in [2.45, 2.75) is 38.2 Å². The summed E-state index contributed by atoms with van der Waals surface area (Å²) in [6, 6.07) is 0. The first kappa shape index (κ1) is 13.8. The molecule has 4 heteroatoms. The molecule has 0 amide bonds. The Balaban J connectivity index is 1.48. The number of hydrogen-bond donors (Lipinski definition) is 1. The van der Waals surface area contributed by atoms with Crippen molar-refractivity contribution in [1.82, 2.24) is 9.80 Å². The summed E-state index contributed by atoms with van der Waals surface area (Å²) in [5, 5.41) is 10.3. The van der Waals surface area contributed by atoms with Crippen molar-refractivity contribution in [3.8, 4) is 0 Å². The quantitative estimate of drug-likeness (QED) is 0.826. The van der Waals surface area contributed by atoms with Gasteiger partial charge >= 0.3 is 0 Å². The molecule has 110 valence electrons. The van der Waals surface area contributed by atoms with E-state index in [0.717, 1.165) is 52.4 Å². The summed E-state index contributed by atoms with van der Waals surface area (Å²) >= 11 is 0. The van der Waals surface area contributed by atoms with Gasteiger partial charge in [0.2, 0.25) is 0 Å². The third-order valence-electron chi connectivity index (χ3n) is 5.38. The molecule has 19 heavy (non-hydrogen) atoms. The number of rotatable bonds is 3. The highest BCUT2D eigenvalue weighted by atomic mass is 16.5. The van der Waals surface area contributed by atoms with Gasteiger partial charge in [-0.2, -0.15) is 0 Å². The standard InChI is InChI=1S/C15H28N2O2/c18-14-3-1-4-15(14)5-2-6-17(13-15)8-7-16-9-11-19-12-10-16/h14,18H,1-13H2/t14-,15-/m1/s1. The van der Waals surface area contributed by atoms with Crippen LogP contribution in [-0.2, 0) is 4.74 Å². The van der Waals surface area contributed by atoms with Crippen molar-refractivity contribution < 1.29 is 9.84 Å². The highest BCUT2D eigenvalue weighted by Crippen LogP contribution is 2.44. The normalized spacial score (nSPS) is 38.1. The molecule has 3 fully saturated rings. The molecule has 0 bridgehead atoms. The van der Waals surface area contributed by atoms with Crippen LogP contribution >= 0.6 is 0 Å². The minimum atomic E-state index is -0.0429. The van der Waals surface area contributed by atoms with Crippen LogP contribution in [-0.4, -0.2) is 73.5 Å². The zero-order chi connectivity index (χ0) is 13.1. The van der Waals surface area contributed by atoms with E-state index in [1.807, 2.05) is 0 Å². The van der Waals surface area contributed by atoms with Crippen LogP contribution in [0.25, 0.3) is 0 Å². The summed E-state index contributed by atoms with van der Waals surface area (Å²) < 4.78 is 5.39. The Bertz CT molecular complexity index is 294. The SMILES string of the molecule is O[C@@H]1CCC[C@]12CCCN(CCN1CCOCC1)C2. The number of ether oxygens (including phenoxy) is 1. The van der Waals surface area contributed by atoms with Crippen LogP contribution in [0.1, 0.15) is 32.1 Å². The second kappa shape index (κ2) is 6.08. The second-order valence-corrected chi connectivity index (χ2v) is 6.60. The lowest BCUT2D eigenvalue weighted by molar-refractivity contribution is -0.0164. The predicted octanol–water partition coefficient (Wildman–Crippen LogP) is 0.946. The van der Waals surface area contributed by atoms with Crippen LogP contribution in [0.15, 0.2) is 0 Å². The molecule has 2 saturated heterocycles. The lowest BCUT2D eigenvalue weighted by atomic mass is 9.77. The molecule has 1 N–H and O–H groups in total. The summed E-state index contributed by atoms with van der Waals surface area (Å²) in [6.45, 7) is 8.62. The highest BCUT2D eigenvalue weighted by Gasteiger charge is 2.44. The van der Waals surface area contributed by atoms with Gasteiger partial charge in [-0.3, -0.25) is 4.90 Å². The Morgan fingerprint density at radius 2 is 1.74 bits per heavy atom. The fourth-order valence-electron chi connectivity index (χ4n) is 4.15. The number of nitrogens with zero attached hydrogens (tertiary/aromatic N) is 2. The summed E-state index contributed by atoms with van der Waals surface area (Å²) in [4.78, 5) is 5.10. The summed E-state index contributed by atoms with van der Waals surface area (Å²) in [5.41, 5.74) is 0.239. The molecule has 1 saturated carbocycles. The zero-order valence-electron chi connectivity index (χ0n) is 12.0. The molecule has 0 aromatic carbocycles. The minimum Gasteiger partial charge on any atom is -0.393 e. The average molecular weight is 268 g/mol. The Hall–Kier alpha value is -0.160. The third kappa shape index (κ3) is 3.13. The van der Waals surface area contributed by atoms with Gasteiger partial charge in [0.15, 0.2) is 0 Å². The third-order valence-corrected chi connectivity index (χ3v) is 5.38. The fraction of sp³-hybridized carbons (Fsp3) is 1.00. The van der Waals surface area contributed by atoms with Crippen molar-refractivity contribution in [3.63, 3.8) is 0 Å². The molecule has 1 aliphatic carbocycles. The van der Waals surface area contributed by atoms with E-state index in [1.165, 1.54) is 32.2 Å². The lowest BCUT2D eigenvalue weighted by Gasteiger charge is -2.43. The minimum absolute atomic E-state index is 0.0429. The van der Waals surface area contributed by atoms with Crippen LogP contribution in [0.4, 0.5) is 0 Å². The molecule has 4 nitrogen and oxygen atoms in total. The van der Waals surface area contributed by atoms with Gasteiger partial charge in [0.05, 0.1) is 19.3 Å². The number of morpholine rings is 1. The van der Waals surface area contributed by atoms with E-state index in [9.17, 15) is 5.11 Å². The van der Waals surface area contributed by atoms with Gasteiger partial charge in [0.25, 0.3) is 0 Å². The van der Waals surface area contributed by atoms with Crippen LogP contribution in [0.3, 0.4) is 0 Å². The molecule has 0 unspecified atom stereocenters. The van der Waals surface area contributed by atoms with Gasteiger partial charge in [-0.1, -0.05) is 6.42 Å². The number of likely N-dealkylation sites (tertiary alicyclic amines) is 1. The molecule has 0 aromatic rings. The Morgan fingerprint density at radius 1 is 1.00 bits per heavy atom. The Kier molecular flexibility index (Phi) is 4.42. The van der Waals surface area contributed by atoms with Crippen molar-refractivity contribution in [3.05, 3.63) is 0 Å². The van der Waals surface area contributed by atoms with E-state index in [4.69, 9.17) is 4.74 Å². The summed E-state index contributed by atoms with van der Waals surface area (Å²) in [6.07, 6.45) is 5.94. The maximum absolute atomic E-state index is 10.3. The molecule has 2 aliphatic heterocycles. The van der Waals surface area contributed by atoms with Gasteiger partial charge in [-0.05, 0) is 32.2 Å². The van der Waals surface area contributed by atoms with Gasteiger partial charge in [0.1, 0.15) is 0 Å². The fourth-order valence-corrected chi connectivity index (χ4v) is 4.15. The first-order chi connectivity index (χ1) is 9.28. The maximum Gasteiger partial charge on any atom is 0.0608 e. The first-order valence-corrected chi connectivity index (χ1v) is 7.99. The molecule has 3 aliphatic rings. The first-order valence-electron chi connectivity index (χ1n) is 7.99. The maximum atomic E-state index is 10.3. The molecule has 0 radical (unpaired) electrons. The molecular formula is C15H28N2O2. The van der Waals surface area contributed by atoms with Gasteiger partial charge in [0, 0.05) is 38.1 Å². The second-order valence-electron chi connectivity index (χ2n) is 6.60. The Labute approximate surface area is 116 Å². The van der Waals surface area contributed by atoms with Crippen LogP contribution in [0.5, 0.6) is 0 Å². The van der Waals surface area contributed by atoms with E-state index >= 15 is 0 Å². The van der Waals surface area contributed by atoms with Crippen molar-refractivity contribution in [2.75, 3.05) is 52.5 Å². The lowest BCUT2D eigenvalue weighted by Crippen LogP contribution is -2.49. The van der Waals surface area contributed by atoms with Gasteiger partial charge in [-0.15, -0.1) is 0 Å². The van der Waals surface area contributed by atoms with E-state index in [2.05, 4.69) is 9.80 Å². The molecular weight excluding hydrogens is 240 g/mol. The zero-order valence-corrected chi connectivity index (χ0v) is 12.0. The smallest absolute Gasteiger partial charge is 0.0608 e. The molecule has 0 aromatic heterocycles. The van der Waals surface area contributed by atoms with Gasteiger partial charge < -0.3 is 14.7 Å². The van der Waals surface area contributed by atoms with E-state index in [1.54, 1.807) is 0 Å². The van der Waals surface area contributed by atoms with Crippen LogP contribution < -0.4 is 0 Å². The topological polar surface area (TPSA) is 35.9 Å². The summed E-state index contributed by atoms with van der Waals surface area (Å²) in [5.74, 6) is 0. The summed E-state index contributed by atoms with van der Waals surface area (Å²) in [7, 11) is 0. The predicted molar refractivity (Wildman–Crippen MR) is 75.2 cm³/mol. The van der Waals surface area contributed by atoms with E-state index in [0.29, 0.717) is 0 Å². The molecule has 2 atom stereocenters. The number of aliphatic hydroxyl groups is 1. The molecule has 3 rings (SSSR count). The van der Waals surface area contributed by atoms with Crippen molar-refractivity contribution in [2.24, 2.45) is 5.41 Å². The largest absolute Gasteiger partial charge is 0.393 e. The van der Waals surface area contributed by atoms with Gasteiger partial charge in [-0.25, -0.2) is 0 Å². The highest BCUT2D eigenvalue weighted by molar-refractivity contribution is 4.96. The van der Waals surface area contributed by atoms with E-state index in [-0.39, 0.29) is 11.5 Å². The monoisotopic (exact) mass is 268 g/mol. The Morgan fingerprint density at radius 3 is 2.47 bits per heavy atom. The van der Waals surface area contributed by atoms with Crippen molar-refractivity contribution in [1.29, 1.82) is 0 Å². The molecule has 2 heterocycles. The molecule has 1 spiro atoms. The van der Waals surface area contributed by atoms with E-state index < -0.39 is 0 Å². The van der Waals surface area contributed by atoms with Crippen molar-refractivity contribution >= 4 is 0 Å². The van der Waals surface area contributed by atoms with Crippen LogP contribution in [0.2, 0.25) is 0 Å². The van der Waals surface area contributed by atoms with Crippen LogP contribution in [0, 0.1) is 5.41 Å². The number of hydrogen-bond acceptors (Lipinski definition) is 4. The number of aliphatic hydroxyl groups excluding tert-OH is 1. The number of piperidine rings is 1. The average Bonchev–Trinajstić information content (AvgIpc) is 2.79.